The molecule has 2 amide bonds. The Hall–Kier alpha value is -1.75. The highest BCUT2D eigenvalue weighted by molar-refractivity contribution is 5.73. The van der Waals surface area contributed by atoms with Crippen molar-refractivity contribution in [1.82, 2.24) is 10.6 Å². The van der Waals surface area contributed by atoms with Crippen molar-refractivity contribution < 1.29 is 14.6 Å². The van der Waals surface area contributed by atoms with Crippen molar-refractivity contribution in [2.75, 3.05) is 26.3 Å². The van der Waals surface area contributed by atoms with Crippen molar-refractivity contribution in [1.29, 1.82) is 0 Å². The summed E-state index contributed by atoms with van der Waals surface area (Å²) >= 11 is 0. The third-order valence-corrected chi connectivity index (χ3v) is 2.92. The minimum absolute atomic E-state index is 0.105. The van der Waals surface area contributed by atoms with Crippen molar-refractivity contribution in [3.8, 4) is 5.75 Å². The summed E-state index contributed by atoms with van der Waals surface area (Å²) in [6.07, 6.45) is 0.657. The predicted octanol–water partition coefficient (Wildman–Crippen LogP) is 1.77. The van der Waals surface area contributed by atoms with Crippen LogP contribution in [0.2, 0.25) is 0 Å². The first-order valence-corrected chi connectivity index (χ1v) is 6.84. The second kappa shape index (κ2) is 8.43. The van der Waals surface area contributed by atoms with Gasteiger partial charge in [-0.25, -0.2) is 4.79 Å². The van der Waals surface area contributed by atoms with Gasteiger partial charge < -0.3 is 20.5 Å². The van der Waals surface area contributed by atoms with Crippen LogP contribution in [0.5, 0.6) is 5.75 Å². The lowest BCUT2D eigenvalue weighted by Crippen LogP contribution is -2.42. The van der Waals surface area contributed by atoms with Crippen molar-refractivity contribution in [3.05, 3.63) is 30.3 Å². The van der Waals surface area contributed by atoms with Gasteiger partial charge in [-0.15, -0.1) is 0 Å². The number of benzene rings is 1. The van der Waals surface area contributed by atoms with E-state index in [-0.39, 0.29) is 18.1 Å². The van der Waals surface area contributed by atoms with Crippen LogP contribution in [0.4, 0.5) is 4.79 Å². The molecule has 20 heavy (non-hydrogen) atoms. The zero-order chi connectivity index (χ0) is 14.8. The van der Waals surface area contributed by atoms with E-state index in [1.54, 1.807) is 0 Å². The number of aliphatic hydroxyl groups excluding tert-OH is 1. The van der Waals surface area contributed by atoms with E-state index in [4.69, 9.17) is 9.84 Å². The minimum atomic E-state index is -0.215. The molecule has 1 aromatic carbocycles. The molecule has 0 atom stereocenters. The number of ether oxygens (including phenoxy) is 1. The quantitative estimate of drug-likeness (QED) is 0.636. The predicted molar refractivity (Wildman–Crippen MR) is 78.8 cm³/mol. The fourth-order valence-corrected chi connectivity index (χ4v) is 1.62. The van der Waals surface area contributed by atoms with Crippen LogP contribution in [0, 0.1) is 5.41 Å². The number of carbonyl (C=O) groups is 1. The maximum Gasteiger partial charge on any atom is 0.314 e. The fraction of sp³-hybridized carbons (Fsp3) is 0.533. The fourth-order valence-electron chi connectivity index (χ4n) is 1.62. The topological polar surface area (TPSA) is 70.6 Å². The van der Waals surface area contributed by atoms with Gasteiger partial charge in [-0.1, -0.05) is 32.0 Å². The van der Waals surface area contributed by atoms with Crippen LogP contribution in [0.1, 0.15) is 20.3 Å². The van der Waals surface area contributed by atoms with Crippen LogP contribution in [0.15, 0.2) is 30.3 Å². The highest BCUT2D eigenvalue weighted by atomic mass is 16.5. The molecule has 0 aromatic heterocycles. The smallest absolute Gasteiger partial charge is 0.314 e. The highest BCUT2D eigenvalue weighted by Crippen LogP contribution is 2.17. The molecule has 5 heteroatoms. The molecule has 0 radical (unpaired) electrons. The highest BCUT2D eigenvalue weighted by Gasteiger charge is 2.17. The summed E-state index contributed by atoms with van der Waals surface area (Å²) in [5, 5.41) is 14.4. The Kier molecular flexibility index (Phi) is 6.87. The van der Waals surface area contributed by atoms with Crippen LogP contribution in [-0.2, 0) is 0 Å². The zero-order valence-electron chi connectivity index (χ0n) is 12.2. The van der Waals surface area contributed by atoms with Crippen LogP contribution in [0.25, 0.3) is 0 Å². The van der Waals surface area contributed by atoms with Crippen LogP contribution < -0.4 is 15.4 Å². The van der Waals surface area contributed by atoms with E-state index in [9.17, 15) is 4.79 Å². The average Bonchev–Trinajstić information content (AvgIpc) is 2.43. The lowest BCUT2D eigenvalue weighted by Gasteiger charge is -2.23. The number of rotatable bonds is 8. The van der Waals surface area contributed by atoms with Gasteiger partial charge >= 0.3 is 6.03 Å². The van der Waals surface area contributed by atoms with Gasteiger partial charge in [-0.2, -0.15) is 0 Å². The first kappa shape index (κ1) is 16.3. The van der Waals surface area contributed by atoms with E-state index >= 15 is 0 Å². The molecule has 112 valence electrons. The number of aliphatic hydroxyl groups is 1. The molecule has 0 aliphatic rings. The van der Waals surface area contributed by atoms with E-state index < -0.39 is 0 Å². The number of carbonyl (C=O) groups excluding carboxylic acids is 1. The molecular formula is C15H24N2O3. The monoisotopic (exact) mass is 280 g/mol. The zero-order valence-corrected chi connectivity index (χ0v) is 12.2. The Morgan fingerprint density at radius 1 is 1.25 bits per heavy atom. The maximum absolute atomic E-state index is 11.6. The standard InChI is InChI=1S/C15H24N2O3/c1-15(2,8-10-18)12-17-14(19)16-9-11-20-13-6-4-3-5-7-13/h3-7,18H,8-12H2,1-2H3,(H2,16,17,19). The van der Waals surface area contributed by atoms with Gasteiger partial charge in [0.15, 0.2) is 0 Å². The summed E-state index contributed by atoms with van der Waals surface area (Å²) in [7, 11) is 0. The molecule has 5 nitrogen and oxygen atoms in total. The summed E-state index contributed by atoms with van der Waals surface area (Å²) in [5.41, 5.74) is -0.105. The van der Waals surface area contributed by atoms with Crippen LogP contribution in [0.3, 0.4) is 0 Å². The van der Waals surface area contributed by atoms with Gasteiger partial charge in [0.05, 0.1) is 6.54 Å². The summed E-state index contributed by atoms with van der Waals surface area (Å²) < 4.78 is 5.46. The third-order valence-electron chi connectivity index (χ3n) is 2.92. The number of urea groups is 1. The number of amides is 2. The molecule has 0 saturated carbocycles. The summed E-state index contributed by atoms with van der Waals surface area (Å²) in [6.45, 7) is 5.53. The number of hydrogen-bond donors (Lipinski definition) is 3. The number of hydrogen-bond acceptors (Lipinski definition) is 3. The lowest BCUT2D eigenvalue weighted by atomic mass is 9.90. The molecule has 0 aliphatic heterocycles. The number of para-hydroxylation sites is 1. The first-order chi connectivity index (χ1) is 9.53. The van der Waals surface area contributed by atoms with Crippen molar-refractivity contribution in [2.45, 2.75) is 20.3 Å². The Bertz CT molecular complexity index is 393. The van der Waals surface area contributed by atoms with E-state index in [0.29, 0.717) is 26.1 Å². The second-order valence-corrected chi connectivity index (χ2v) is 5.41. The first-order valence-electron chi connectivity index (χ1n) is 6.84. The van der Waals surface area contributed by atoms with E-state index in [0.717, 1.165) is 5.75 Å². The molecule has 0 bridgehead atoms. The maximum atomic E-state index is 11.6. The normalized spacial score (nSPS) is 10.9. The van der Waals surface area contributed by atoms with Crippen LogP contribution >= 0.6 is 0 Å². The Labute approximate surface area is 120 Å². The SMILES string of the molecule is CC(C)(CCO)CNC(=O)NCCOc1ccccc1. The van der Waals surface area contributed by atoms with Gasteiger partial charge in [-0.05, 0) is 24.0 Å². The third kappa shape index (κ3) is 6.99. The summed E-state index contributed by atoms with van der Waals surface area (Å²) in [5.74, 6) is 0.791. The molecule has 0 fully saturated rings. The lowest BCUT2D eigenvalue weighted by molar-refractivity contribution is 0.200. The Morgan fingerprint density at radius 2 is 1.95 bits per heavy atom. The van der Waals surface area contributed by atoms with E-state index in [1.165, 1.54) is 0 Å². The molecular weight excluding hydrogens is 256 g/mol. The summed E-state index contributed by atoms with van der Waals surface area (Å²) in [6, 6.07) is 9.26. The van der Waals surface area contributed by atoms with Crippen molar-refractivity contribution in [3.63, 3.8) is 0 Å². The molecule has 0 heterocycles. The molecule has 1 rings (SSSR count). The molecule has 0 saturated heterocycles. The summed E-state index contributed by atoms with van der Waals surface area (Å²) in [4.78, 5) is 11.6. The van der Waals surface area contributed by atoms with Gasteiger partial charge in [0.25, 0.3) is 0 Å². The Morgan fingerprint density at radius 3 is 2.60 bits per heavy atom. The van der Waals surface area contributed by atoms with Gasteiger partial charge in [0.2, 0.25) is 0 Å². The van der Waals surface area contributed by atoms with Crippen molar-refractivity contribution in [2.24, 2.45) is 5.41 Å². The molecule has 0 unspecified atom stereocenters. The second-order valence-electron chi connectivity index (χ2n) is 5.41. The molecule has 1 aromatic rings. The van der Waals surface area contributed by atoms with Crippen molar-refractivity contribution >= 4 is 6.03 Å². The number of nitrogens with one attached hydrogen (secondary N) is 2. The Balaban J connectivity index is 2.11. The largest absolute Gasteiger partial charge is 0.492 e. The van der Waals surface area contributed by atoms with Crippen LogP contribution in [-0.4, -0.2) is 37.4 Å². The average molecular weight is 280 g/mol. The van der Waals surface area contributed by atoms with Gasteiger partial charge in [0, 0.05) is 13.2 Å². The molecule has 0 aliphatic carbocycles. The minimum Gasteiger partial charge on any atom is -0.492 e. The molecule has 3 N–H and O–H groups in total. The van der Waals surface area contributed by atoms with E-state index in [1.807, 2.05) is 44.2 Å². The van der Waals surface area contributed by atoms with E-state index in [2.05, 4.69) is 10.6 Å². The molecule has 0 spiro atoms. The van der Waals surface area contributed by atoms with Gasteiger partial charge in [0.1, 0.15) is 12.4 Å². The van der Waals surface area contributed by atoms with Gasteiger partial charge in [-0.3, -0.25) is 0 Å².